The van der Waals surface area contributed by atoms with E-state index >= 15 is 0 Å². The summed E-state index contributed by atoms with van der Waals surface area (Å²) in [5.41, 5.74) is 5.73. The number of nitrogens with two attached hydrogens (primary N) is 1. The summed E-state index contributed by atoms with van der Waals surface area (Å²) in [7, 11) is 0. The molecule has 1 aliphatic rings. The molecule has 0 saturated carbocycles. The van der Waals surface area contributed by atoms with Gasteiger partial charge in [0.1, 0.15) is 0 Å². The smallest absolute Gasteiger partial charge is 0.188 e. The highest BCUT2D eigenvalue weighted by molar-refractivity contribution is 5.77. The minimum absolute atomic E-state index is 0.554. The molecule has 5 nitrogen and oxygen atoms in total. The first-order chi connectivity index (χ1) is 9.33. The van der Waals surface area contributed by atoms with Crippen molar-refractivity contribution in [3.63, 3.8) is 0 Å². The van der Waals surface area contributed by atoms with E-state index in [0.29, 0.717) is 11.9 Å². The molecule has 0 spiro atoms. The van der Waals surface area contributed by atoms with Crippen LogP contribution in [0.5, 0.6) is 0 Å². The van der Waals surface area contributed by atoms with Crippen LogP contribution in [0.1, 0.15) is 39.0 Å². The molecule has 0 aromatic rings. The fraction of sp³-hybridized carbons (Fsp3) is 0.929. The first kappa shape index (κ1) is 16.2. The molecule has 0 aromatic heterocycles. The lowest BCUT2D eigenvalue weighted by Gasteiger charge is -2.21. The van der Waals surface area contributed by atoms with Crippen LogP contribution in [0, 0.1) is 5.92 Å². The van der Waals surface area contributed by atoms with Crippen molar-refractivity contribution >= 4 is 5.96 Å². The van der Waals surface area contributed by atoms with Crippen molar-refractivity contribution in [2.45, 2.75) is 39.0 Å². The Hall–Kier alpha value is -0.810. The summed E-state index contributed by atoms with van der Waals surface area (Å²) in [4.78, 5) is 4.26. The van der Waals surface area contributed by atoms with Crippen molar-refractivity contribution in [1.29, 1.82) is 0 Å². The predicted octanol–water partition coefficient (Wildman–Crippen LogP) is 1.52. The Bertz CT molecular complexity index is 241. The van der Waals surface area contributed by atoms with E-state index < -0.39 is 0 Å². The molecule has 1 saturated heterocycles. The summed E-state index contributed by atoms with van der Waals surface area (Å²) in [6.07, 6.45) is 5.49. The molecular formula is C14H29N3O2. The predicted molar refractivity (Wildman–Crippen MR) is 78.4 cm³/mol. The van der Waals surface area contributed by atoms with E-state index in [4.69, 9.17) is 15.2 Å². The fourth-order valence-electron chi connectivity index (χ4n) is 1.98. The molecule has 0 aromatic carbocycles. The summed E-state index contributed by atoms with van der Waals surface area (Å²) in [6.45, 7) is 7.20. The van der Waals surface area contributed by atoms with E-state index in [1.807, 2.05) is 0 Å². The van der Waals surface area contributed by atoms with Crippen LogP contribution in [0.15, 0.2) is 4.99 Å². The number of nitrogens with one attached hydrogen (secondary N) is 1. The number of nitrogens with zero attached hydrogens (tertiary/aromatic N) is 1. The molecule has 19 heavy (non-hydrogen) atoms. The number of unbranched alkanes of at least 4 members (excludes halogenated alkanes) is 1. The van der Waals surface area contributed by atoms with E-state index in [9.17, 15) is 0 Å². The molecule has 3 N–H and O–H groups in total. The first-order valence-corrected chi connectivity index (χ1v) is 7.52. The average Bonchev–Trinajstić information content (AvgIpc) is 2.44. The molecule has 1 rings (SSSR count). The summed E-state index contributed by atoms with van der Waals surface area (Å²) in [5, 5.41) is 3.10. The van der Waals surface area contributed by atoms with Gasteiger partial charge in [-0.25, -0.2) is 0 Å². The van der Waals surface area contributed by atoms with Gasteiger partial charge in [0.15, 0.2) is 5.96 Å². The zero-order valence-electron chi connectivity index (χ0n) is 12.2. The van der Waals surface area contributed by atoms with Crippen LogP contribution in [-0.2, 0) is 9.47 Å². The number of hydrogen-bond acceptors (Lipinski definition) is 3. The molecule has 0 bridgehead atoms. The van der Waals surface area contributed by atoms with Gasteiger partial charge in [-0.15, -0.1) is 0 Å². The number of rotatable bonds is 9. The van der Waals surface area contributed by atoms with Gasteiger partial charge in [-0.1, -0.05) is 13.3 Å². The monoisotopic (exact) mass is 271 g/mol. The normalized spacial score (nSPS) is 17.6. The van der Waals surface area contributed by atoms with Crippen LogP contribution < -0.4 is 11.1 Å². The summed E-state index contributed by atoms with van der Waals surface area (Å²) in [6, 6.07) is 0. The first-order valence-electron chi connectivity index (χ1n) is 7.52. The van der Waals surface area contributed by atoms with Crippen LogP contribution in [-0.4, -0.2) is 45.5 Å². The van der Waals surface area contributed by atoms with Crippen molar-refractivity contribution in [3.8, 4) is 0 Å². The standard InChI is InChI=1S/C14H29N3O2/c1-2-3-7-16-14(15)17-8-4-9-19-12-13-5-10-18-11-6-13/h13H,2-12H2,1H3,(H3,15,16,17). The Morgan fingerprint density at radius 2 is 2.16 bits per heavy atom. The van der Waals surface area contributed by atoms with Gasteiger partial charge in [-0.2, -0.15) is 0 Å². The fourth-order valence-corrected chi connectivity index (χ4v) is 1.98. The number of aliphatic imine (C=N–C) groups is 1. The van der Waals surface area contributed by atoms with Gasteiger partial charge in [0, 0.05) is 39.5 Å². The Morgan fingerprint density at radius 3 is 2.89 bits per heavy atom. The van der Waals surface area contributed by atoms with Crippen LogP contribution in [0.3, 0.4) is 0 Å². The summed E-state index contributed by atoms with van der Waals surface area (Å²) >= 11 is 0. The molecule has 1 fully saturated rings. The van der Waals surface area contributed by atoms with Crippen molar-refractivity contribution < 1.29 is 9.47 Å². The third-order valence-electron chi connectivity index (χ3n) is 3.26. The molecule has 1 aliphatic heterocycles. The lowest BCUT2D eigenvalue weighted by molar-refractivity contribution is 0.0205. The second kappa shape index (κ2) is 11.1. The number of guanidine groups is 1. The molecule has 0 radical (unpaired) electrons. The third kappa shape index (κ3) is 8.83. The number of ether oxygens (including phenoxy) is 2. The Morgan fingerprint density at radius 1 is 1.37 bits per heavy atom. The lowest BCUT2D eigenvalue weighted by atomic mass is 10.0. The summed E-state index contributed by atoms with van der Waals surface area (Å²) < 4.78 is 11.0. The van der Waals surface area contributed by atoms with Gasteiger partial charge < -0.3 is 20.5 Å². The van der Waals surface area contributed by atoms with Crippen LogP contribution in [0.25, 0.3) is 0 Å². The van der Waals surface area contributed by atoms with Crippen molar-refractivity contribution in [1.82, 2.24) is 5.32 Å². The molecule has 0 atom stereocenters. The maximum atomic E-state index is 5.73. The maximum Gasteiger partial charge on any atom is 0.188 e. The van der Waals surface area contributed by atoms with Crippen LogP contribution in [0.4, 0.5) is 0 Å². The topological polar surface area (TPSA) is 68.9 Å². The molecule has 112 valence electrons. The highest BCUT2D eigenvalue weighted by atomic mass is 16.5. The minimum Gasteiger partial charge on any atom is -0.381 e. The second-order valence-corrected chi connectivity index (χ2v) is 5.03. The van der Waals surface area contributed by atoms with Gasteiger partial charge in [0.2, 0.25) is 0 Å². The molecule has 5 heteroatoms. The Balaban J connectivity index is 1.90. The van der Waals surface area contributed by atoms with Gasteiger partial charge in [0.05, 0.1) is 0 Å². The van der Waals surface area contributed by atoms with Crippen LogP contribution >= 0.6 is 0 Å². The number of hydrogen-bond donors (Lipinski definition) is 2. The van der Waals surface area contributed by atoms with E-state index in [1.54, 1.807) is 0 Å². The van der Waals surface area contributed by atoms with Gasteiger partial charge in [-0.3, -0.25) is 4.99 Å². The highest BCUT2D eigenvalue weighted by Gasteiger charge is 2.13. The van der Waals surface area contributed by atoms with E-state index in [1.165, 1.54) is 6.42 Å². The Labute approximate surface area is 116 Å². The molecular weight excluding hydrogens is 242 g/mol. The average molecular weight is 271 g/mol. The van der Waals surface area contributed by atoms with Gasteiger partial charge in [0.25, 0.3) is 0 Å². The summed E-state index contributed by atoms with van der Waals surface area (Å²) in [5.74, 6) is 1.23. The van der Waals surface area contributed by atoms with Crippen molar-refractivity contribution in [2.75, 3.05) is 39.5 Å². The molecule has 0 unspecified atom stereocenters. The maximum absolute atomic E-state index is 5.73. The Kier molecular flexibility index (Phi) is 9.45. The van der Waals surface area contributed by atoms with Gasteiger partial charge >= 0.3 is 0 Å². The largest absolute Gasteiger partial charge is 0.381 e. The van der Waals surface area contributed by atoms with Crippen molar-refractivity contribution in [2.24, 2.45) is 16.6 Å². The molecule has 0 aliphatic carbocycles. The third-order valence-corrected chi connectivity index (χ3v) is 3.26. The second-order valence-electron chi connectivity index (χ2n) is 5.03. The van der Waals surface area contributed by atoms with Crippen molar-refractivity contribution in [3.05, 3.63) is 0 Å². The molecule has 1 heterocycles. The minimum atomic E-state index is 0.554. The quantitative estimate of drug-likeness (QED) is 0.379. The van der Waals surface area contributed by atoms with E-state index in [-0.39, 0.29) is 0 Å². The zero-order valence-corrected chi connectivity index (χ0v) is 12.2. The van der Waals surface area contributed by atoms with E-state index in [0.717, 1.165) is 65.2 Å². The van der Waals surface area contributed by atoms with E-state index in [2.05, 4.69) is 17.2 Å². The highest BCUT2D eigenvalue weighted by Crippen LogP contribution is 2.14. The van der Waals surface area contributed by atoms with Gasteiger partial charge in [-0.05, 0) is 31.6 Å². The molecule has 0 amide bonds. The van der Waals surface area contributed by atoms with Crippen LogP contribution in [0.2, 0.25) is 0 Å². The SMILES string of the molecule is CCCCNC(N)=NCCCOCC1CCOCC1. The zero-order chi connectivity index (χ0) is 13.8. The lowest BCUT2D eigenvalue weighted by Crippen LogP contribution is -2.32.